The van der Waals surface area contributed by atoms with Crippen molar-refractivity contribution in [3.8, 4) is 0 Å². The molecule has 1 nitrogen and oxygen atoms in total. The van der Waals surface area contributed by atoms with E-state index in [1.54, 1.807) is 23.5 Å². The maximum atomic E-state index is 13.2. The van der Waals surface area contributed by atoms with E-state index >= 15 is 0 Å². The maximum Gasteiger partial charge on any atom is 0.141 e. The topological polar surface area (TPSA) is 12.0 Å². The van der Waals surface area contributed by atoms with Gasteiger partial charge in [-0.25, -0.2) is 4.39 Å². The standard InChI is InChI=1S/C16H19ClFNS/c1-11(12-6-7-14(18)13(17)9-12)19-10-16(2,3)15-5-4-8-20-15/h4-9,11,19H,10H2,1-3H3. The molecular formula is C16H19ClFNS. The fourth-order valence-electron chi connectivity index (χ4n) is 2.06. The Hall–Kier alpha value is -0.900. The second-order valence-corrected chi connectivity index (χ2v) is 6.99. The van der Waals surface area contributed by atoms with Crippen molar-refractivity contribution in [2.45, 2.75) is 32.2 Å². The quantitative estimate of drug-likeness (QED) is 0.803. The highest BCUT2D eigenvalue weighted by atomic mass is 35.5. The molecule has 2 rings (SSSR count). The predicted octanol–water partition coefficient (Wildman–Crippen LogP) is 5.17. The molecule has 1 N–H and O–H groups in total. The molecule has 108 valence electrons. The molecule has 0 fully saturated rings. The fraction of sp³-hybridized carbons (Fsp3) is 0.375. The Morgan fingerprint density at radius 2 is 2.10 bits per heavy atom. The summed E-state index contributed by atoms with van der Waals surface area (Å²) < 4.78 is 13.2. The van der Waals surface area contributed by atoms with Gasteiger partial charge < -0.3 is 5.32 Å². The van der Waals surface area contributed by atoms with Gasteiger partial charge in [0.05, 0.1) is 5.02 Å². The molecule has 0 spiro atoms. The monoisotopic (exact) mass is 311 g/mol. The molecule has 1 atom stereocenters. The number of hydrogen-bond acceptors (Lipinski definition) is 2. The third-order valence-corrected chi connectivity index (χ3v) is 5.01. The average Bonchev–Trinajstić information content (AvgIpc) is 2.94. The van der Waals surface area contributed by atoms with Crippen LogP contribution in [0.1, 0.15) is 37.3 Å². The zero-order chi connectivity index (χ0) is 14.8. The zero-order valence-electron chi connectivity index (χ0n) is 11.9. The summed E-state index contributed by atoms with van der Waals surface area (Å²) >= 11 is 7.60. The van der Waals surface area contributed by atoms with E-state index < -0.39 is 0 Å². The molecule has 1 aromatic carbocycles. The molecule has 0 aliphatic carbocycles. The van der Waals surface area contributed by atoms with E-state index in [-0.39, 0.29) is 22.3 Å². The van der Waals surface area contributed by atoms with Crippen LogP contribution in [0.15, 0.2) is 35.7 Å². The van der Waals surface area contributed by atoms with Gasteiger partial charge in [0.15, 0.2) is 0 Å². The van der Waals surface area contributed by atoms with Gasteiger partial charge >= 0.3 is 0 Å². The lowest BCUT2D eigenvalue weighted by Gasteiger charge is -2.26. The highest BCUT2D eigenvalue weighted by molar-refractivity contribution is 7.10. The van der Waals surface area contributed by atoms with Crippen LogP contribution in [0.25, 0.3) is 0 Å². The van der Waals surface area contributed by atoms with Crippen molar-refractivity contribution in [1.82, 2.24) is 5.32 Å². The van der Waals surface area contributed by atoms with Gasteiger partial charge in [0.25, 0.3) is 0 Å². The summed E-state index contributed by atoms with van der Waals surface area (Å²) in [4.78, 5) is 1.36. The minimum Gasteiger partial charge on any atom is -0.309 e. The van der Waals surface area contributed by atoms with E-state index in [0.717, 1.165) is 12.1 Å². The SMILES string of the molecule is CC(NCC(C)(C)c1cccs1)c1ccc(F)c(Cl)c1. The van der Waals surface area contributed by atoms with Crippen LogP contribution in [-0.4, -0.2) is 6.54 Å². The Labute approximate surface area is 128 Å². The highest BCUT2D eigenvalue weighted by Gasteiger charge is 2.22. The second-order valence-electron chi connectivity index (χ2n) is 5.64. The van der Waals surface area contributed by atoms with Crippen molar-refractivity contribution in [1.29, 1.82) is 0 Å². The number of hydrogen-bond donors (Lipinski definition) is 1. The summed E-state index contributed by atoms with van der Waals surface area (Å²) in [6.07, 6.45) is 0. The minimum absolute atomic E-state index is 0.0756. The van der Waals surface area contributed by atoms with Crippen LogP contribution in [0.3, 0.4) is 0 Å². The van der Waals surface area contributed by atoms with Crippen LogP contribution in [0, 0.1) is 5.82 Å². The van der Waals surface area contributed by atoms with Crippen molar-refractivity contribution in [3.63, 3.8) is 0 Å². The van der Waals surface area contributed by atoms with Gasteiger partial charge in [0.1, 0.15) is 5.82 Å². The summed E-state index contributed by atoms with van der Waals surface area (Å²) in [6.45, 7) is 7.35. The van der Waals surface area contributed by atoms with E-state index in [2.05, 4.69) is 43.6 Å². The fourth-order valence-corrected chi connectivity index (χ4v) is 3.10. The number of nitrogens with one attached hydrogen (secondary N) is 1. The van der Waals surface area contributed by atoms with Gasteiger partial charge in [0.2, 0.25) is 0 Å². The first-order chi connectivity index (χ1) is 9.40. The number of thiophene rings is 1. The Bertz CT molecular complexity index is 566. The van der Waals surface area contributed by atoms with Crippen molar-refractivity contribution in [2.75, 3.05) is 6.54 Å². The molecule has 0 radical (unpaired) electrons. The summed E-state index contributed by atoms with van der Waals surface area (Å²) in [5.41, 5.74) is 1.07. The van der Waals surface area contributed by atoms with Crippen LogP contribution in [0.5, 0.6) is 0 Å². The van der Waals surface area contributed by atoms with Crippen molar-refractivity contribution >= 4 is 22.9 Å². The molecule has 2 aromatic rings. The average molecular weight is 312 g/mol. The first kappa shape index (κ1) is 15.5. The largest absolute Gasteiger partial charge is 0.309 e. The van der Waals surface area contributed by atoms with E-state index in [1.165, 1.54) is 10.9 Å². The maximum absolute atomic E-state index is 13.2. The molecule has 0 bridgehead atoms. The van der Waals surface area contributed by atoms with E-state index in [9.17, 15) is 4.39 Å². The molecular weight excluding hydrogens is 293 g/mol. The van der Waals surface area contributed by atoms with Gasteiger partial charge in [0, 0.05) is 22.9 Å². The van der Waals surface area contributed by atoms with Gasteiger partial charge in [-0.05, 0) is 36.1 Å². The van der Waals surface area contributed by atoms with Crippen molar-refractivity contribution in [3.05, 3.63) is 57.0 Å². The highest BCUT2D eigenvalue weighted by Crippen LogP contribution is 2.28. The molecule has 0 aliphatic heterocycles. The molecule has 1 heterocycles. The van der Waals surface area contributed by atoms with Crippen LogP contribution in [0.2, 0.25) is 5.02 Å². The number of halogens is 2. The first-order valence-electron chi connectivity index (χ1n) is 6.62. The minimum atomic E-state index is -0.374. The lowest BCUT2D eigenvalue weighted by Crippen LogP contribution is -2.33. The van der Waals surface area contributed by atoms with Gasteiger partial charge in [-0.2, -0.15) is 0 Å². The van der Waals surface area contributed by atoms with Gasteiger partial charge in [-0.3, -0.25) is 0 Å². The predicted molar refractivity (Wildman–Crippen MR) is 85.2 cm³/mol. The lowest BCUT2D eigenvalue weighted by atomic mass is 9.91. The first-order valence-corrected chi connectivity index (χ1v) is 7.88. The van der Waals surface area contributed by atoms with Crippen molar-refractivity contribution < 1.29 is 4.39 Å². The smallest absolute Gasteiger partial charge is 0.141 e. The summed E-state index contributed by atoms with van der Waals surface area (Å²) in [5.74, 6) is -0.374. The molecule has 0 amide bonds. The Morgan fingerprint density at radius 3 is 2.70 bits per heavy atom. The van der Waals surface area contributed by atoms with Crippen LogP contribution >= 0.6 is 22.9 Å². The Balaban J connectivity index is 2.01. The summed E-state index contributed by atoms with van der Waals surface area (Å²) in [5, 5.41) is 5.77. The Morgan fingerprint density at radius 1 is 1.35 bits per heavy atom. The van der Waals surface area contributed by atoms with E-state index in [1.807, 2.05) is 0 Å². The molecule has 4 heteroatoms. The zero-order valence-corrected chi connectivity index (χ0v) is 13.5. The third-order valence-electron chi connectivity index (χ3n) is 3.48. The van der Waals surface area contributed by atoms with Crippen LogP contribution in [-0.2, 0) is 5.41 Å². The number of rotatable bonds is 5. The van der Waals surface area contributed by atoms with Crippen LogP contribution < -0.4 is 5.32 Å². The summed E-state index contributed by atoms with van der Waals surface area (Å²) in [6, 6.07) is 9.24. The van der Waals surface area contributed by atoms with Gasteiger partial charge in [-0.1, -0.05) is 37.6 Å². The number of benzene rings is 1. The normalized spacial score (nSPS) is 13.4. The van der Waals surface area contributed by atoms with E-state index in [0.29, 0.717) is 0 Å². The molecule has 0 aliphatic rings. The molecule has 1 aromatic heterocycles. The third kappa shape index (κ3) is 3.60. The lowest BCUT2D eigenvalue weighted by molar-refractivity contribution is 0.441. The van der Waals surface area contributed by atoms with Crippen LogP contribution in [0.4, 0.5) is 4.39 Å². The van der Waals surface area contributed by atoms with Gasteiger partial charge in [-0.15, -0.1) is 11.3 Å². The van der Waals surface area contributed by atoms with E-state index in [4.69, 9.17) is 11.6 Å². The summed E-state index contributed by atoms with van der Waals surface area (Å²) in [7, 11) is 0. The molecule has 0 saturated carbocycles. The molecule has 1 unspecified atom stereocenters. The second kappa shape index (κ2) is 6.25. The molecule has 0 saturated heterocycles. The van der Waals surface area contributed by atoms with Crippen molar-refractivity contribution in [2.24, 2.45) is 0 Å². The Kier molecular flexibility index (Phi) is 4.84. The molecule has 20 heavy (non-hydrogen) atoms.